The molecule has 7 heteroatoms. The third-order valence-electron chi connectivity index (χ3n) is 5.24. The molecule has 176 valence electrons. The maximum Gasteiger partial charge on any atom is 0.416 e. The Hall–Kier alpha value is -2.57. The fraction of sp³-hybridized carbons (Fsp3) is 0.440. The average Bonchev–Trinajstić information content (AvgIpc) is 2.91. The number of halogens is 5. The highest BCUT2D eigenvalue weighted by Crippen LogP contribution is 2.32. The molecule has 0 bridgehead atoms. The van der Waals surface area contributed by atoms with E-state index in [2.05, 4.69) is 0 Å². The molecule has 0 radical (unpaired) electrons. The van der Waals surface area contributed by atoms with E-state index in [0.29, 0.717) is 12.2 Å². The predicted molar refractivity (Wildman–Crippen MR) is 117 cm³/mol. The summed E-state index contributed by atoms with van der Waals surface area (Å²) in [5.74, 6) is -0.568. The van der Waals surface area contributed by atoms with Gasteiger partial charge in [0.1, 0.15) is 23.5 Å². The molecule has 0 amide bonds. The molecule has 1 aliphatic heterocycles. The third-order valence-corrected chi connectivity index (χ3v) is 5.24. The molecule has 1 fully saturated rings. The van der Waals surface area contributed by atoms with Crippen LogP contribution in [0.15, 0.2) is 71.2 Å². The molecule has 2 nitrogen and oxygen atoms in total. The minimum atomic E-state index is -4.56. The molecule has 32 heavy (non-hydrogen) atoms. The van der Waals surface area contributed by atoms with Gasteiger partial charge in [-0.2, -0.15) is 13.2 Å². The Kier molecular flexibility index (Phi) is 9.54. The number of alkyl halides is 3. The lowest BCUT2D eigenvalue weighted by Gasteiger charge is -2.27. The molecule has 1 aromatic carbocycles. The summed E-state index contributed by atoms with van der Waals surface area (Å²) in [6.07, 6.45) is 2.59. The molecule has 0 aromatic heterocycles. The topological polar surface area (TPSA) is 12.5 Å². The van der Waals surface area contributed by atoms with Crippen LogP contribution in [0.5, 0.6) is 5.75 Å². The molecule has 0 saturated carbocycles. The van der Waals surface area contributed by atoms with Gasteiger partial charge in [-0.25, -0.2) is 8.78 Å². The van der Waals surface area contributed by atoms with E-state index in [0.717, 1.165) is 43.3 Å². The number of hydrogen-bond donors (Lipinski definition) is 0. The van der Waals surface area contributed by atoms with Crippen molar-refractivity contribution >= 4 is 0 Å². The number of nitrogens with zero attached hydrogens (tertiary/aromatic N) is 1. The van der Waals surface area contributed by atoms with Gasteiger partial charge in [0.15, 0.2) is 0 Å². The first-order valence-electron chi connectivity index (χ1n) is 10.8. The molecular weight excluding hydrogens is 425 g/mol. The first-order chi connectivity index (χ1) is 15.2. The SMILES string of the molecule is C\C=C(F)/C(=C\C(=C\CC)C(F)(F)F)C/C=C1/C(Oc2ccc(F)cc2)CCCCN1C. The number of ether oxygens (including phenoxy) is 1. The average molecular weight is 456 g/mol. The maximum absolute atomic E-state index is 14.5. The van der Waals surface area contributed by atoms with Crippen molar-refractivity contribution in [3.63, 3.8) is 0 Å². The van der Waals surface area contributed by atoms with Crippen LogP contribution in [0.25, 0.3) is 0 Å². The fourth-order valence-electron chi connectivity index (χ4n) is 3.57. The number of allylic oxidation sites excluding steroid dienone is 7. The number of likely N-dealkylation sites (tertiary alicyclic amines) is 1. The molecule has 0 N–H and O–H groups in total. The first-order valence-corrected chi connectivity index (χ1v) is 10.8. The van der Waals surface area contributed by atoms with Crippen molar-refractivity contribution in [2.24, 2.45) is 0 Å². The molecule has 0 spiro atoms. The molecule has 1 aliphatic rings. The van der Waals surface area contributed by atoms with Gasteiger partial charge >= 0.3 is 6.18 Å². The van der Waals surface area contributed by atoms with Gasteiger partial charge in [0.2, 0.25) is 0 Å². The fourth-order valence-corrected chi connectivity index (χ4v) is 3.57. The number of benzene rings is 1. The molecule has 1 heterocycles. The Morgan fingerprint density at radius 2 is 1.88 bits per heavy atom. The second-order valence-corrected chi connectivity index (χ2v) is 7.68. The third kappa shape index (κ3) is 7.53. The maximum atomic E-state index is 14.5. The lowest BCUT2D eigenvalue weighted by Crippen LogP contribution is -2.29. The summed E-state index contributed by atoms with van der Waals surface area (Å²) in [4.78, 5) is 1.99. The van der Waals surface area contributed by atoms with E-state index in [-0.39, 0.29) is 30.3 Å². The Morgan fingerprint density at radius 3 is 2.47 bits per heavy atom. The zero-order valence-corrected chi connectivity index (χ0v) is 18.7. The van der Waals surface area contributed by atoms with E-state index < -0.39 is 17.6 Å². The summed E-state index contributed by atoms with van der Waals surface area (Å²) in [5, 5.41) is 0. The molecule has 2 rings (SSSR count). The smallest absolute Gasteiger partial charge is 0.416 e. The van der Waals surface area contributed by atoms with Crippen LogP contribution in [-0.2, 0) is 0 Å². The Bertz CT molecular complexity index is 865. The van der Waals surface area contributed by atoms with Crippen molar-refractivity contribution in [3.8, 4) is 5.75 Å². The summed E-state index contributed by atoms with van der Waals surface area (Å²) in [6.45, 7) is 3.81. The lowest BCUT2D eigenvalue weighted by atomic mass is 10.0. The normalized spacial score (nSPS) is 20.5. The second kappa shape index (κ2) is 11.9. The van der Waals surface area contributed by atoms with Crippen LogP contribution in [0.3, 0.4) is 0 Å². The van der Waals surface area contributed by atoms with Gasteiger partial charge in [0.25, 0.3) is 0 Å². The quantitative estimate of drug-likeness (QED) is 0.309. The van der Waals surface area contributed by atoms with E-state index in [4.69, 9.17) is 4.74 Å². The molecule has 1 aromatic rings. The van der Waals surface area contributed by atoms with Crippen LogP contribution in [0.2, 0.25) is 0 Å². The highest BCUT2D eigenvalue weighted by Gasteiger charge is 2.32. The van der Waals surface area contributed by atoms with Gasteiger partial charge in [-0.1, -0.05) is 25.2 Å². The Morgan fingerprint density at radius 1 is 1.19 bits per heavy atom. The first kappa shape index (κ1) is 25.7. The van der Waals surface area contributed by atoms with Gasteiger partial charge < -0.3 is 9.64 Å². The van der Waals surface area contributed by atoms with E-state index in [1.807, 2.05) is 11.9 Å². The molecule has 1 saturated heterocycles. The van der Waals surface area contributed by atoms with Gasteiger partial charge in [0, 0.05) is 13.6 Å². The number of hydrogen-bond acceptors (Lipinski definition) is 2. The zero-order chi connectivity index (χ0) is 23.7. The minimum absolute atomic E-state index is 0.0176. The predicted octanol–water partition coefficient (Wildman–Crippen LogP) is 7.66. The van der Waals surface area contributed by atoms with Gasteiger partial charge in [-0.3, -0.25) is 0 Å². The van der Waals surface area contributed by atoms with Crippen LogP contribution >= 0.6 is 0 Å². The second-order valence-electron chi connectivity index (χ2n) is 7.68. The number of likely N-dealkylation sites (N-methyl/N-ethyl adjacent to an activating group) is 1. The van der Waals surface area contributed by atoms with Gasteiger partial charge in [-0.15, -0.1) is 0 Å². The van der Waals surface area contributed by atoms with Crippen molar-refractivity contribution < 1.29 is 26.7 Å². The Labute approximate surface area is 186 Å². The van der Waals surface area contributed by atoms with E-state index >= 15 is 0 Å². The highest BCUT2D eigenvalue weighted by atomic mass is 19.4. The summed E-state index contributed by atoms with van der Waals surface area (Å²) in [7, 11) is 1.88. The van der Waals surface area contributed by atoms with Gasteiger partial charge in [0.05, 0.1) is 11.3 Å². The minimum Gasteiger partial charge on any atom is -0.484 e. The summed E-state index contributed by atoms with van der Waals surface area (Å²) in [6, 6.07) is 5.68. The zero-order valence-electron chi connectivity index (χ0n) is 18.7. The lowest BCUT2D eigenvalue weighted by molar-refractivity contribution is -0.0884. The van der Waals surface area contributed by atoms with Crippen molar-refractivity contribution in [1.29, 1.82) is 0 Å². The van der Waals surface area contributed by atoms with Gasteiger partial charge in [-0.05, 0) is 74.9 Å². The van der Waals surface area contributed by atoms with Crippen LogP contribution in [0, 0.1) is 5.82 Å². The van der Waals surface area contributed by atoms with E-state index in [9.17, 15) is 22.0 Å². The van der Waals surface area contributed by atoms with Crippen LogP contribution < -0.4 is 4.74 Å². The van der Waals surface area contributed by atoms with E-state index in [1.165, 1.54) is 31.2 Å². The van der Waals surface area contributed by atoms with Crippen LogP contribution in [-0.4, -0.2) is 30.8 Å². The van der Waals surface area contributed by atoms with Crippen LogP contribution in [0.4, 0.5) is 22.0 Å². The Balaban J connectivity index is 2.37. The van der Waals surface area contributed by atoms with Crippen molar-refractivity contribution in [2.45, 2.75) is 58.2 Å². The molecule has 0 aliphatic carbocycles. The number of rotatable bonds is 7. The summed E-state index contributed by atoms with van der Waals surface area (Å²) >= 11 is 0. The largest absolute Gasteiger partial charge is 0.484 e. The standard InChI is InChI=1S/C25H30F5NO/c1-4-8-19(25(28,29)30)17-18(22(27)5-2)10-15-23-24(9-6-7-16-31(23)3)32-21-13-11-20(26)12-14-21/h5,8,11-15,17,24H,4,6-7,9-10,16H2,1-3H3/b18-17-,19-8-,22-5+,23-15-. The summed E-state index contributed by atoms with van der Waals surface area (Å²) in [5.41, 5.74) is -0.136. The monoisotopic (exact) mass is 455 g/mol. The summed E-state index contributed by atoms with van der Waals surface area (Å²) < 4.78 is 73.8. The van der Waals surface area contributed by atoms with Crippen molar-refractivity contribution in [2.75, 3.05) is 13.6 Å². The van der Waals surface area contributed by atoms with Crippen molar-refractivity contribution in [3.05, 3.63) is 77.1 Å². The molecule has 1 unspecified atom stereocenters. The van der Waals surface area contributed by atoms with E-state index in [1.54, 1.807) is 13.0 Å². The van der Waals surface area contributed by atoms with Crippen molar-refractivity contribution in [1.82, 2.24) is 4.90 Å². The molecule has 1 atom stereocenters. The highest BCUT2D eigenvalue weighted by molar-refractivity contribution is 5.38. The van der Waals surface area contributed by atoms with Crippen LogP contribution in [0.1, 0.15) is 46.0 Å². The molecular formula is C25H30F5NO.